The van der Waals surface area contributed by atoms with Crippen LogP contribution in [0.3, 0.4) is 0 Å². The van der Waals surface area contributed by atoms with E-state index in [0.29, 0.717) is 24.7 Å². The van der Waals surface area contributed by atoms with Crippen molar-refractivity contribution in [3.05, 3.63) is 11.7 Å². The molecule has 1 amide bonds. The number of carbonyl (C=O) groups is 1. The van der Waals surface area contributed by atoms with Crippen LogP contribution in [0.4, 0.5) is 0 Å². The van der Waals surface area contributed by atoms with Crippen LogP contribution in [0.2, 0.25) is 0 Å². The largest absolute Gasteiger partial charge is 0.355 e. The maximum absolute atomic E-state index is 12.9. The summed E-state index contributed by atoms with van der Waals surface area (Å²) in [6, 6.07) is 0. The van der Waals surface area contributed by atoms with Gasteiger partial charge in [0, 0.05) is 23.8 Å². The summed E-state index contributed by atoms with van der Waals surface area (Å²) >= 11 is 0. The molecule has 1 heterocycles. The Morgan fingerprint density at radius 1 is 1.17 bits per heavy atom. The smallest absolute Gasteiger partial charge is 0.232 e. The van der Waals surface area contributed by atoms with Gasteiger partial charge in [0.15, 0.2) is 5.82 Å². The summed E-state index contributed by atoms with van der Waals surface area (Å²) < 4.78 is 5.31. The zero-order valence-electron chi connectivity index (χ0n) is 15.1. The Bertz CT molecular complexity index is 594. The van der Waals surface area contributed by atoms with Gasteiger partial charge in [-0.2, -0.15) is 4.98 Å². The van der Waals surface area contributed by atoms with Gasteiger partial charge >= 0.3 is 0 Å². The van der Waals surface area contributed by atoms with Crippen molar-refractivity contribution >= 4 is 5.91 Å². The Balaban J connectivity index is 1.33. The molecule has 0 aliphatic heterocycles. The molecule has 0 radical (unpaired) electrons. The van der Waals surface area contributed by atoms with Crippen LogP contribution < -0.4 is 5.32 Å². The van der Waals surface area contributed by atoms with E-state index >= 15 is 0 Å². The van der Waals surface area contributed by atoms with Gasteiger partial charge in [0.05, 0.1) is 0 Å². The van der Waals surface area contributed by atoms with Crippen LogP contribution in [0.1, 0.15) is 71.0 Å². The summed E-state index contributed by atoms with van der Waals surface area (Å²) in [5, 5.41) is 7.21. The lowest BCUT2D eigenvalue weighted by Crippen LogP contribution is -2.53. The van der Waals surface area contributed by atoms with E-state index < -0.39 is 0 Å². The number of aromatic nitrogens is 2. The first kappa shape index (κ1) is 16.1. The summed E-state index contributed by atoms with van der Waals surface area (Å²) in [4.78, 5) is 17.3. The summed E-state index contributed by atoms with van der Waals surface area (Å²) in [5.41, 5.74) is -0.198. The number of nitrogens with zero attached hydrogens (tertiary/aromatic N) is 2. The monoisotopic (exact) mass is 331 g/mol. The number of rotatable bonds is 4. The fourth-order valence-electron chi connectivity index (χ4n) is 5.52. The average Bonchev–Trinajstić information content (AvgIpc) is 2.94. The van der Waals surface area contributed by atoms with E-state index in [-0.39, 0.29) is 16.7 Å². The van der Waals surface area contributed by atoms with Crippen LogP contribution >= 0.6 is 0 Å². The van der Waals surface area contributed by atoms with Crippen LogP contribution in [-0.4, -0.2) is 22.6 Å². The van der Waals surface area contributed by atoms with Crippen molar-refractivity contribution < 1.29 is 9.32 Å². The molecule has 5 nitrogen and oxygen atoms in total. The molecular formula is C19H29N3O2. The third kappa shape index (κ3) is 2.86. The molecule has 1 N–H and O–H groups in total. The van der Waals surface area contributed by atoms with E-state index in [4.69, 9.17) is 4.52 Å². The first-order valence-corrected chi connectivity index (χ1v) is 9.45. The average molecular weight is 331 g/mol. The lowest BCUT2D eigenvalue weighted by Gasteiger charge is -2.55. The van der Waals surface area contributed by atoms with Gasteiger partial charge in [0.25, 0.3) is 0 Å². The molecule has 4 fully saturated rings. The Labute approximate surface area is 144 Å². The van der Waals surface area contributed by atoms with E-state index in [2.05, 4.69) is 36.2 Å². The van der Waals surface area contributed by atoms with Crippen LogP contribution in [0.25, 0.3) is 0 Å². The van der Waals surface area contributed by atoms with Gasteiger partial charge in [-0.25, -0.2) is 0 Å². The minimum atomic E-state index is -0.131. The molecule has 0 aromatic carbocycles. The predicted molar refractivity (Wildman–Crippen MR) is 90.3 cm³/mol. The second-order valence-corrected chi connectivity index (χ2v) is 9.47. The van der Waals surface area contributed by atoms with Gasteiger partial charge in [-0.15, -0.1) is 0 Å². The molecule has 4 aliphatic carbocycles. The van der Waals surface area contributed by atoms with Crippen LogP contribution in [0, 0.1) is 23.2 Å². The molecule has 0 unspecified atom stereocenters. The minimum absolute atomic E-state index is 0.0669. The standard InChI is InChI=1S/C19H29N3O2/c1-18(2,3)17-21-15(22-24-17)4-5-20-16(23)19-9-12-6-13(10-19)8-14(7-12)11-19/h12-14H,4-11H2,1-3H3,(H,20,23). The fraction of sp³-hybridized carbons (Fsp3) is 0.842. The maximum atomic E-state index is 12.9. The third-order valence-electron chi connectivity index (χ3n) is 6.26. The number of hydrogen-bond donors (Lipinski definition) is 1. The third-order valence-corrected chi connectivity index (χ3v) is 6.26. The van der Waals surface area contributed by atoms with Gasteiger partial charge in [-0.1, -0.05) is 25.9 Å². The van der Waals surface area contributed by atoms with E-state index in [1.54, 1.807) is 0 Å². The lowest BCUT2D eigenvalue weighted by molar-refractivity contribution is -0.146. The second-order valence-electron chi connectivity index (χ2n) is 9.47. The molecule has 132 valence electrons. The highest BCUT2D eigenvalue weighted by Crippen LogP contribution is 2.60. The maximum Gasteiger partial charge on any atom is 0.232 e. The van der Waals surface area contributed by atoms with Crippen molar-refractivity contribution in [2.24, 2.45) is 23.2 Å². The van der Waals surface area contributed by atoms with E-state index in [0.717, 1.165) is 37.0 Å². The van der Waals surface area contributed by atoms with E-state index in [9.17, 15) is 4.79 Å². The van der Waals surface area contributed by atoms with E-state index in [1.807, 2.05) is 0 Å². The quantitative estimate of drug-likeness (QED) is 0.919. The van der Waals surface area contributed by atoms with Gasteiger partial charge in [0.1, 0.15) is 0 Å². The summed E-state index contributed by atoms with van der Waals surface area (Å²) in [7, 11) is 0. The van der Waals surface area contributed by atoms with Gasteiger partial charge < -0.3 is 9.84 Å². The fourth-order valence-corrected chi connectivity index (χ4v) is 5.52. The minimum Gasteiger partial charge on any atom is -0.355 e. The molecule has 0 saturated heterocycles. The Hall–Kier alpha value is -1.39. The summed E-state index contributed by atoms with van der Waals surface area (Å²) in [6.07, 6.45) is 8.07. The molecule has 4 saturated carbocycles. The normalized spacial score (nSPS) is 34.5. The van der Waals surface area contributed by atoms with Gasteiger partial charge in [0.2, 0.25) is 11.8 Å². The van der Waals surface area contributed by atoms with Crippen molar-refractivity contribution in [3.8, 4) is 0 Å². The highest BCUT2D eigenvalue weighted by Gasteiger charge is 2.54. The van der Waals surface area contributed by atoms with Crippen molar-refractivity contribution in [1.29, 1.82) is 0 Å². The molecular weight excluding hydrogens is 302 g/mol. The molecule has 4 bridgehead atoms. The highest BCUT2D eigenvalue weighted by atomic mass is 16.5. The molecule has 0 spiro atoms. The van der Waals surface area contributed by atoms with Crippen molar-refractivity contribution in [2.45, 2.75) is 71.1 Å². The molecule has 1 aromatic heterocycles. The number of hydrogen-bond acceptors (Lipinski definition) is 4. The molecule has 1 aromatic rings. The Morgan fingerprint density at radius 2 is 1.75 bits per heavy atom. The molecule has 5 rings (SSSR count). The van der Waals surface area contributed by atoms with Crippen molar-refractivity contribution in [1.82, 2.24) is 15.5 Å². The second kappa shape index (κ2) is 5.57. The Morgan fingerprint density at radius 3 is 2.25 bits per heavy atom. The van der Waals surface area contributed by atoms with Crippen molar-refractivity contribution in [2.75, 3.05) is 6.54 Å². The van der Waals surface area contributed by atoms with Crippen LogP contribution in [0.5, 0.6) is 0 Å². The lowest BCUT2D eigenvalue weighted by atomic mass is 9.49. The van der Waals surface area contributed by atoms with Gasteiger partial charge in [-0.3, -0.25) is 4.79 Å². The first-order valence-electron chi connectivity index (χ1n) is 9.45. The predicted octanol–water partition coefficient (Wildman–Crippen LogP) is 3.24. The zero-order valence-corrected chi connectivity index (χ0v) is 15.1. The van der Waals surface area contributed by atoms with Crippen LogP contribution in [0.15, 0.2) is 4.52 Å². The molecule has 5 heteroatoms. The number of carbonyl (C=O) groups excluding carboxylic acids is 1. The van der Waals surface area contributed by atoms with Crippen molar-refractivity contribution in [3.63, 3.8) is 0 Å². The highest BCUT2D eigenvalue weighted by molar-refractivity contribution is 5.83. The number of amides is 1. The molecule has 0 atom stereocenters. The van der Waals surface area contributed by atoms with E-state index in [1.165, 1.54) is 19.3 Å². The zero-order chi connectivity index (χ0) is 16.9. The SMILES string of the molecule is CC(C)(C)c1nc(CCNC(=O)C23CC4CC(CC(C4)C2)C3)no1. The van der Waals surface area contributed by atoms with Crippen LogP contribution in [-0.2, 0) is 16.6 Å². The molecule has 4 aliphatic rings. The first-order chi connectivity index (χ1) is 11.3. The Kier molecular flexibility index (Phi) is 3.73. The van der Waals surface area contributed by atoms with Gasteiger partial charge in [-0.05, 0) is 56.3 Å². The molecule has 24 heavy (non-hydrogen) atoms. The number of nitrogens with one attached hydrogen (secondary N) is 1. The summed E-state index contributed by atoms with van der Waals surface area (Å²) in [5.74, 6) is 4.02. The topological polar surface area (TPSA) is 68.0 Å². The summed E-state index contributed by atoms with van der Waals surface area (Å²) in [6.45, 7) is 6.76.